The number of aromatic nitrogens is 2. The number of amides is 2. The monoisotopic (exact) mass is 372 g/mol. The summed E-state index contributed by atoms with van der Waals surface area (Å²) in [5, 5.41) is 6.87. The van der Waals surface area contributed by atoms with Gasteiger partial charge in [0, 0.05) is 32.0 Å². The van der Waals surface area contributed by atoms with Crippen LogP contribution in [-0.2, 0) is 17.8 Å². The van der Waals surface area contributed by atoms with E-state index >= 15 is 0 Å². The van der Waals surface area contributed by atoms with Crippen LogP contribution in [0.1, 0.15) is 49.9 Å². The number of carbonyl (C=O) groups is 1. The van der Waals surface area contributed by atoms with Gasteiger partial charge in [0.1, 0.15) is 0 Å². The van der Waals surface area contributed by atoms with Gasteiger partial charge in [-0.3, -0.25) is 0 Å². The highest BCUT2D eigenvalue weighted by atomic mass is 16.5. The van der Waals surface area contributed by atoms with Gasteiger partial charge in [0.2, 0.25) is 5.89 Å². The van der Waals surface area contributed by atoms with Crippen LogP contribution in [0.3, 0.4) is 0 Å². The molecule has 0 atom stereocenters. The minimum absolute atomic E-state index is 0.0379. The zero-order chi connectivity index (χ0) is 19.1. The van der Waals surface area contributed by atoms with Crippen molar-refractivity contribution in [3.8, 4) is 0 Å². The third-order valence-electron chi connectivity index (χ3n) is 4.66. The molecule has 1 N–H and O–H groups in total. The van der Waals surface area contributed by atoms with Gasteiger partial charge in [-0.2, -0.15) is 4.98 Å². The van der Waals surface area contributed by atoms with E-state index in [2.05, 4.69) is 27.6 Å². The molecule has 3 rings (SSSR count). The van der Waals surface area contributed by atoms with Crippen LogP contribution in [0.4, 0.5) is 4.79 Å². The third kappa shape index (κ3) is 5.79. The summed E-state index contributed by atoms with van der Waals surface area (Å²) in [5.41, 5.74) is 1.18. The summed E-state index contributed by atoms with van der Waals surface area (Å²) in [6.07, 6.45) is 2.51. The molecule has 2 amide bonds. The van der Waals surface area contributed by atoms with Crippen LogP contribution < -0.4 is 5.32 Å². The van der Waals surface area contributed by atoms with E-state index in [1.54, 1.807) is 0 Å². The minimum Gasteiger partial charge on any atom is -0.373 e. The fourth-order valence-corrected chi connectivity index (χ4v) is 3.01. The molecular formula is C20H28N4O3. The van der Waals surface area contributed by atoms with Crippen LogP contribution in [0, 0.1) is 0 Å². The summed E-state index contributed by atoms with van der Waals surface area (Å²) in [6, 6.07) is 10.1. The quantitative estimate of drug-likeness (QED) is 0.808. The van der Waals surface area contributed by atoms with Gasteiger partial charge in [0.05, 0.1) is 12.7 Å². The topological polar surface area (TPSA) is 80.5 Å². The molecule has 7 heteroatoms. The first-order chi connectivity index (χ1) is 13.1. The molecule has 1 aliphatic heterocycles. The standard InChI is InChI=1S/C20H28N4O3/c1-15(2)19-22-18(23-27-19)8-11-21-20(25)24-12-9-17(10-13-24)26-14-16-6-4-3-5-7-16/h3-7,15,17H,8-14H2,1-2H3,(H,21,25). The molecule has 0 unspecified atom stereocenters. The molecule has 7 nitrogen and oxygen atoms in total. The van der Waals surface area contributed by atoms with Gasteiger partial charge in [-0.1, -0.05) is 49.3 Å². The van der Waals surface area contributed by atoms with Crippen LogP contribution in [-0.4, -0.2) is 46.8 Å². The van der Waals surface area contributed by atoms with Crippen LogP contribution >= 0.6 is 0 Å². The van der Waals surface area contributed by atoms with Crippen molar-refractivity contribution in [3.63, 3.8) is 0 Å². The first-order valence-electron chi connectivity index (χ1n) is 9.62. The van der Waals surface area contributed by atoms with E-state index in [1.165, 1.54) is 5.56 Å². The number of hydrogen-bond acceptors (Lipinski definition) is 5. The third-order valence-corrected chi connectivity index (χ3v) is 4.66. The largest absolute Gasteiger partial charge is 0.373 e. The van der Waals surface area contributed by atoms with Gasteiger partial charge >= 0.3 is 6.03 Å². The van der Waals surface area contributed by atoms with Crippen molar-refractivity contribution in [2.45, 2.75) is 51.7 Å². The highest BCUT2D eigenvalue weighted by Crippen LogP contribution is 2.16. The number of nitrogens with one attached hydrogen (secondary N) is 1. The Bertz CT molecular complexity index is 709. The number of rotatable bonds is 7. The van der Waals surface area contributed by atoms with Gasteiger partial charge in [-0.15, -0.1) is 0 Å². The van der Waals surface area contributed by atoms with Gasteiger partial charge < -0.3 is 19.5 Å². The molecule has 1 fully saturated rings. The second-order valence-corrected chi connectivity index (χ2v) is 7.17. The predicted octanol–water partition coefficient (Wildman–Crippen LogP) is 3.13. The van der Waals surface area contributed by atoms with Crippen molar-refractivity contribution < 1.29 is 14.1 Å². The number of nitrogens with zero attached hydrogens (tertiary/aromatic N) is 3. The van der Waals surface area contributed by atoms with Crippen molar-refractivity contribution in [1.29, 1.82) is 0 Å². The summed E-state index contributed by atoms with van der Waals surface area (Å²) >= 11 is 0. The van der Waals surface area contributed by atoms with Gasteiger partial charge in [0.15, 0.2) is 5.82 Å². The molecule has 0 radical (unpaired) electrons. The Kier molecular flexibility index (Phi) is 6.81. The molecular weight excluding hydrogens is 344 g/mol. The van der Waals surface area contributed by atoms with E-state index in [4.69, 9.17) is 9.26 Å². The fraction of sp³-hybridized carbons (Fsp3) is 0.550. The summed E-state index contributed by atoms with van der Waals surface area (Å²) in [6.45, 7) is 6.57. The second kappa shape index (κ2) is 9.50. The first kappa shape index (κ1) is 19.4. The molecule has 0 bridgehead atoms. The Morgan fingerprint density at radius 2 is 2.04 bits per heavy atom. The SMILES string of the molecule is CC(C)c1nc(CCNC(=O)N2CCC(OCc3ccccc3)CC2)no1. The van der Waals surface area contributed by atoms with Crippen LogP contribution in [0.2, 0.25) is 0 Å². The Hall–Kier alpha value is -2.41. The average Bonchev–Trinajstić information content (AvgIpc) is 3.17. The Morgan fingerprint density at radius 3 is 2.70 bits per heavy atom. The van der Waals surface area contributed by atoms with E-state index in [0.717, 1.165) is 12.8 Å². The maximum Gasteiger partial charge on any atom is 0.317 e. The van der Waals surface area contributed by atoms with E-state index in [9.17, 15) is 4.79 Å². The highest BCUT2D eigenvalue weighted by molar-refractivity contribution is 5.74. The lowest BCUT2D eigenvalue weighted by Crippen LogP contribution is -2.46. The molecule has 1 aromatic carbocycles. The van der Waals surface area contributed by atoms with Gasteiger partial charge in [-0.25, -0.2) is 4.79 Å². The summed E-state index contributed by atoms with van der Waals surface area (Å²) in [4.78, 5) is 18.5. The van der Waals surface area contributed by atoms with E-state index in [0.29, 0.717) is 44.4 Å². The van der Waals surface area contributed by atoms with Crippen molar-refractivity contribution in [1.82, 2.24) is 20.4 Å². The molecule has 2 aromatic rings. The predicted molar refractivity (Wildman–Crippen MR) is 101 cm³/mol. The molecule has 0 spiro atoms. The maximum absolute atomic E-state index is 12.3. The van der Waals surface area contributed by atoms with Gasteiger partial charge in [-0.05, 0) is 18.4 Å². The Morgan fingerprint density at radius 1 is 1.30 bits per heavy atom. The second-order valence-electron chi connectivity index (χ2n) is 7.17. The Balaban J connectivity index is 1.33. The number of benzene rings is 1. The lowest BCUT2D eigenvalue weighted by molar-refractivity contribution is 0.00449. The summed E-state index contributed by atoms with van der Waals surface area (Å²) < 4.78 is 11.1. The number of urea groups is 1. The van der Waals surface area contributed by atoms with Crippen molar-refractivity contribution in [3.05, 3.63) is 47.6 Å². The number of hydrogen-bond donors (Lipinski definition) is 1. The minimum atomic E-state index is -0.0379. The average molecular weight is 372 g/mol. The molecule has 27 heavy (non-hydrogen) atoms. The van der Waals surface area contributed by atoms with E-state index < -0.39 is 0 Å². The van der Waals surface area contributed by atoms with Crippen molar-refractivity contribution >= 4 is 6.03 Å². The number of ether oxygens (including phenoxy) is 1. The van der Waals surface area contributed by atoms with Crippen molar-refractivity contribution in [2.24, 2.45) is 0 Å². The first-order valence-corrected chi connectivity index (χ1v) is 9.62. The molecule has 1 aliphatic rings. The number of carbonyl (C=O) groups excluding carboxylic acids is 1. The van der Waals surface area contributed by atoms with E-state index in [-0.39, 0.29) is 18.1 Å². The number of likely N-dealkylation sites (tertiary alicyclic amines) is 1. The molecule has 0 saturated carbocycles. The summed E-state index contributed by atoms with van der Waals surface area (Å²) in [5.74, 6) is 1.48. The molecule has 0 aliphatic carbocycles. The molecule has 2 heterocycles. The zero-order valence-electron chi connectivity index (χ0n) is 16.1. The molecule has 146 valence electrons. The molecule has 1 aromatic heterocycles. The summed E-state index contributed by atoms with van der Waals surface area (Å²) in [7, 11) is 0. The van der Waals surface area contributed by atoms with Gasteiger partial charge in [0.25, 0.3) is 0 Å². The van der Waals surface area contributed by atoms with Crippen LogP contribution in [0.15, 0.2) is 34.9 Å². The molecule has 1 saturated heterocycles. The lowest BCUT2D eigenvalue weighted by atomic mass is 10.1. The smallest absolute Gasteiger partial charge is 0.317 e. The zero-order valence-corrected chi connectivity index (χ0v) is 16.1. The lowest BCUT2D eigenvalue weighted by Gasteiger charge is -2.32. The number of piperidine rings is 1. The maximum atomic E-state index is 12.3. The van der Waals surface area contributed by atoms with Crippen molar-refractivity contribution in [2.75, 3.05) is 19.6 Å². The normalized spacial score (nSPS) is 15.3. The fourth-order valence-electron chi connectivity index (χ4n) is 3.01. The Labute approximate surface area is 160 Å². The highest BCUT2D eigenvalue weighted by Gasteiger charge is 2.23. The van der Waals surface area contributed by atoms with E-state index in [1.807, 2.05) is 36.9 Å². The van der Waals surface area contributed by atoms with Crippen LogP contribution in [0.5, 0.6) is 0 Å². The van der Waals surface area contributed by atoms with Crippen LogP contribution in [0.25, 0.3) is 0 Å².